The third-order valence-corrected chi connectivity index (χ3v) is 4.16. The lowest BCUT2D eigenvalue weighted by Gasteiger charge is -2.51. The molecule has 1 aliphatic heterocycles. The summed E-state index contributed by atoms with van der Waals surface area (Å²) >= 11 is 0. The van der Waals surface area contributed by atoms with Crippen molar-refractivity contribution in [2.45, 2.75) is 26.2 Å². The number of ether oxygens (including phenoxy) is 1. The number of hydrogen-bond acceptors (Lipinski definition) is 5. The highest BCUT2D eigenvalue weighted by molar-refractivity contribution is 6.22. The van der Waals surface area contributed by atoms with Crippen molar-refractivity contribution in [2.24, 2.45) is 16.7 Å². The van der Waals surface area contributed by atoms with Gasteiger partial charge in [-0.2, -0.15) is 0 Å². The highest BCUT2D eigenvalue weighted by Crippen LogP contribution is 2.59. The zero-order valence-electron chi connectivity index (χ0n) is 9.63. The summed E-state index contributed by atoms with van der Waals surface area (Å²) in [6.07, 6.45) is 0.666. The normalized spacial score (nSPS) is 28.4. The van der Waals surface area contributed by atoms with Gasteiger partial charge in [0.15, 0.2) is 10.8 Å². The van der Waals surface area contributed by atoms with Crippen molar-refractivity contribution in [1.82, 2.24) is 0 Å². The van der Waals surface area contributed by atoms with Gasteiger partial charge in [0.25, 0.3) is 0 Å². The summed E-state index contributed by atoms with van der Waals surface area (Å²) in [5.74, 6) is -6.22. The fourth-order valence-corrected chi connectivity index (χ4v) is 3.21. The molecule has 2 rings (SSSR count). The van der Waals surface area contributed by atoms with E-state index in [1.54, 1.807) is 0 Å². The molecule has 1 atom stereocenters. The standard InChI is InChI=1S/C11H12O7/c1-5-3-2-4-10(8(16)18-9(10)17)11(5,6(12)13)7(14)15/h5H,2-4H2,1H3,(H,12,13)(H,14,15). The summed E-state index contributed by atoms with van der Waals surface area (Å²) in [5.41, 5.74) is -4.47. The van der Waals surface area contributed by atoms with Gasteiger partial charge in [0.2, 0.25) is 0 Å². The summed E-state index contributed by atoms with van der Waals surface area (Å²) in [6, 6.07) is 0. The average Bonchev–Trinajstić information content (AvgIpc) is 2.27. The third-order valence-electron chi connectivity index (χ3n) is 4.16. The second-order valence-electron chi connectivity index (χ2n) is 4.79. The van der Waals surface area contributed by atoms with Crippen LogP contribution in [0.2, 0.25) is 0 Å². The monoisotopic (exact) mass is 256 g/mol. The van der Waals surface area contributed by atoms with Gasteiger partial charge in [0.1, 0.15) is 0 Å². The quantitative estimate of drug-likeness (QED) is 0.528. The van der Waals surface area contributed by atoms with Gasteiger partial charge in [0.05, 0.1) is 0 Å². The van der Waals surface area contributed by atoms with Gasteiger partial charge in [-0.15, -0.1) is 0 Å². The first-order valence-corrected chi connectivity index (χ1v) is 5.55. The maximum absolute atomic E-state index is 11.6. The Kier molecular flexibility index (Phi) is 2.46. The maximum Gasteiger partial charge on any atom is 0.333 e. The maximum atomic E-state index is 11.6. The number of carbonyl (C=O) groups excluding carboxylic acids is 2. The molecular weight excluding hydrogens is 244 g/mol. The van der Waals surface area contributed by atoms with E-state index in [9.17, 15) is 29.4 Å². The molecule has 0 aromatic heterocycles. The van der Waals surface area contributed by atoms with Gasteiger partial charge in [-0.05, 0) is 18.8 Å². The molecule has 0 radical (unpaired) electrons. The molecule has 0 aromatic rings. The van der Waals surface area contributed by atoms with Gasteiger partial charge in [-0.1, -0.05) is 13.3 Å². The molecule has 1 unspecified atom stereocenters. The highest BCUT2D eigenvalue weighted by Gasteiger charge is 2.79. The average molecular weight is 256 g/mol. The fraction of sp³-hybridized carbons (Fsp3) is 0.636. The summed E-state index contributed by atoms with van der Waals surface area (Å²) in [4.78, 5) is 46.2. The fourth-order valence-electron chi connectivity index (χ4n) is 3.21. The van der Waals surface area contributed by atoms with Crippen LogP contribution in [0.15, 0.2) is 0 Å². The van der Waals surface area contributed by atoms with E-state index in [2.05, 4.69) is 4.74 Å². The van der Waals surface area contributed by atoms with Crippen LogP contribution in [0, 0.1) is 16.7 Å². The topological polar surface area (TPSA) is 118 Å². The summed E-state index contributed by atoms with van der Waals surface area (Å²) in [6.45, 7) is 1.43. The predicted molar refractivity (Wildman–Crippen MR) is 54.3 cm³/mol. The molecule has 18 heavy (non-hydrogen) atoms. The number of aliphatic carboxylic acids is 2. The van der Waals surface area contributed by atoms with Crippen LogP contribution in [-0.2, 0) is 23.9 Å². The van der Waals surface area contributed by atoms with E-state index < -0.39 is 40.6 Å². The molecule has 7 nitrogen and oxygen atoms in total. The molecule has 1 heterocycles. The Morgan fingerprint density at radius 1 is 1.22 bits per heavy atom. The van der Waals surface area contributed by atoms with Gasteiger partial charge in [-0.25, -0.2) is 0 Å². The molecule has 2 N–H and O–H groups in total. The zero-order valence-corrected chi connectivity index (χ0v) is 9.63. The summed E-state index contributed by atoms with van der Waals surface area (Å²) in [5, 5.41) is 18.6. The van der Waals surface area contributed by atoms with Crippen LogP contribution in [-0.4, -0.2) is 34.1 Å². The minimum Gasteiger partial charge on any atom is -0.480 e. The van der Waals surface area contributed by atoms with Gasteiger partial charge in [0, 0.05) is 0 Å². The predicted octanol–water partition coefficient (Wildman–Crippen LogP) is 0.0318. The summed E-state index contributed by atoms with van der Waals surface area (Å²) < 4.78 is 4.23. The minimum atomic E-state index is -2.42. The van der Waals surface area contributed by atoms with Gasteiger partial charge in [-0.3, -0.25) is 19.2 Å². The van der Waals surface area contributed by atoms with Crippen LogP contribution in [0.4, 0.5) is 0 Å². The number of rotatable bonds is 2. The van der Waals surface area contributed by atoms with Crippen LogP contribution in [0.1, 0.15) is 26.2 Å². The van der Waals surface area contributed by atoms with Gasteiger partial charge < -0.3 is 14.9 Å². The van der Waals surface area contributed by atoms with Crippen molar-refractivity contribution in [3.8, 4) is 0 Å². The molecule has 98 valence electrons. The first kappa shape index (κ1) is 12.5. The molecular formula is C11H12O7. The third kappa shape index (κ3) is 1.04. The molecule has 0 bridgehead atoms. The van der Waals surface area contributed by atoms with Gasteiger partial charge >= 0.3 is 23.9 Å². The van der Waals surface area contributed by atoms with Crippen LogP contribution in [0.5, 0.6) is 0 Å². The number of carbonyl (C=O) groups is 4. The van der Waals surface area contributed by atoms with Crippen LogP contribution in [0.25, 0.3) is 0 Å². The van der Waals surface area contributed by atoms with E-state index in [4.69, 9.17) is 0 Å². The second kappa shape index (κ2) is 3.54. The van der Waals surface area contributed by atoms with E-state index in [1.165, 1.54) is 6.92 Å². The number of carboxylic acids is 2. The lowest BCUT2D eigenvalue weighted by molar-refractivity contribution is -0.228. The zero-order chi connectivity index (χ0) is 13.7. The van der Waals surface area contributed by atoms with E-state index in [0.717, 1.165) is 0 Å². The smallest absolute Gasteiger partial charge is 0.333 e. The molecule has 2 aliphatic rings. The molecule has 1 spiro atoms. The summed E-state index contributed by atoms with van der Waals surface area (Å²) in [7, 11) is 0. The molecule has 7 heteroatoms. The molecule has 1 aliphatic carbocycles. The van der Waals surface area contributed by atoms with E-state index in [0.29, 0.717) is 12.8 Å². The lowest BCUT2D eigenvalue weighted by Crippen LogP contribution is -2.71. The number of carboxylic acid groups (broad SMARTS) is 2. The Bertz CT molecular complexity index is 436. The lowest BCUT2D eigenvalue weighted by atomic mass is 9.50. The Morgan fingerprint density at radius 3 is 2.06 bits per heavy atom. The number of cyclic esters (lactones) is 2. The van der Waals surface area contributed by atoms with Crippen LogP contribution < -0.4 is 0 Å². The van der Waals surface area contributed by atoms with Crippen LogP contribution in [0.3, 0.4) is 0 Å². The van der Waals surface area contributed by atoms with Crippen molar-refractivity contribution >= 4 is 23.9 Å². The highest BCUT2D eigenvalue weighted by atomic mass is 16.6. The molecule has 1 saturated heterocycles. The van der Waals surface area contributed by atoms with E-state index in [-0.39, 0.29) is 6.42 Å². The van der Waals surface area contributed by atoms with Crippen molar-refractivity contribution in [1.29, 1.82) is 0 Å². The molecule has 0 amide bonds. The second-order valence-corrected chi connectivity index (χ2v) is 4.79. The van der Waals surface area contributed by atoms with Crippen molar-refractivity contribution in [3.63, 3.8) is 0 Å². The van der Waals surface area contributed by atoms with Crippen molar-refractivity contribution < 1.29 is 34.1 Å². The molecule has 2 fully saturated rings. The van der Waals surface area contributed by atoms with E-state index in [1.807, 2.05) is 0 Å². The minimum absolute atomic E-state index is 0.0897. The number of hydrogen-bond donors (Lipinski definition) is 2. The molecule has 1 saturated carbocycles. The first-order valence-electron chi connectivity index (χ1n) is 5.55. The Hall–Kier alpha value is -1.92. The number of esters is 2. The first-order chi connectivity index (χ1) is 8.31. The van der Waals surface area contributed by atoms with Crippen molar-refractivity contribution in [2.75, 3.05) is 0 Å². The Labute approximate surface area is 102 Å². The molecule has 0 aromatic carbocycles. The van der Waals surface area contributed by atoms with E-state index >= 15 is 0 Å². The van der Waals surface area contributed by atoms with Crippen molar-refractivity contribution in [3.05, 3.63) is 0 Å². The Balaban J connectivity index is 2.69. The Morgan fingerprint density at radius 2 is 1.72 bits per heavy atom. The van der Waals surface area contributed by atoms with Crippen LogP contribution >= 0.6 is 0 Å². The SMILES string of the molecule is CC1CCCC2(C(=O)OC2=O)C1(C(=O)O)C(=O)O. The largest absolute Gasteiger partial charge is 0.480 e.